The highest BCUT2D eigenvalue weighted by molar-refractivity contribution is 7.85. The van der Waals surface area contributed by atoms with Gasteiger partial charge in [0, 0.05) is 24.5 Å². The van der Waals surface area contributed by atoms with Crippen LogP contribution in [-0.4, -0.2) is 83.4 Å². The lowest BCUT2D eigenvalue weighted by molar-refractivity contribution is -0.384. The summed E-state index contributed by atoms with van der Waals surface area (Å²) in [4.78, 5) is 64.1. The Balaban J connectivity index is 0.000000435. The lowest BCUT2D eigenvalue weighted by atomic mass is 10.1. The van der Waals surface area contributed by atoms with Gasteiger partial charge in [0.1, 0.15) is 17.7 Å². The molecule has 0 unspecified atom stereocenters. The molecule has 15 nitrogen and oxygen atoms in total. The Morgan fingerprint density at radius 2 is 1.78 bits per heavy atom. The zero-order valence-electron chi connectivity index (χ0n) is 27.9. The highest BCUT2D eigenvalue weighted by atomic mass is 32.2. The van der Waals surface area contributed by atoms with Gasteiger partial charge in [0.15, 0.2) is 0 Å². The van der Waals surface area contributed by atoms with E-state index in [1.807, 2.05) is 19.1 Å². The second kappa shape index (κ2) is 16.4. The van der Waals surface area contributed by atoms with Crippen LogP contribution in [0.3, 0.4) is 0 Å². The number of hydrogen-bond donors (Lipinski definition) is 3. The maximum Gasteiger partial charge on any atom is 0.338 e. The first-order chi connectivity index (χ1) is 23.7. The number of nitrogens with two attached hydrogens (primary N) is 1. The molecular formula is C34H42N4O11S. The van der Waals surface area contributed by atoms with Gasteiger partial charge in [0.2, 0.25) is 11.8 Å². The molecule has 16 heteroatoms. The average molecular weight is 715 g/mol. The van der Waals surface area contributed by atoms with Crippen LogP contribution < -0.4 is 11.1 Å². The Morgan fingerprint density at radius 3 is 2.40 bits per heavy atom. The molecule has 4 N–H and O–H groups in total. The van der Waals surface area contributed by atoms with Crippen molar-refractivity contribution in [3.8, 4) is 0 Å². The number of nitro groups is 1. The number of non-ortho nitro benzene ring substituents is 1. The topological polar surface area (TPSA) is 226 Å². The SMILES string of the molecule is CCOC(=O)[C@@]12C[C@H]1C=CCCCCC[C@H](N)C(=O)N1C[C@H](OC(=O)c3ccc([N+](=O)[O-])cc3)C[C@H]1C(=O)N2.Cc1ccc(S(=O)(=O)O)cc1. The third kappa shape index (κ3) is 9.52. The van der Waals surface area contributed by atoms with Crippen LogP contribution in [0.15, 0.2) is 65.6 Å². The van der Waals surface area contributed by atoms with E-state index in [9.17, 15) is 37.7 Å². The van der Waals surface area contributed by atoms with E-state index in [0.717, 1.165) is 31.2 Å². The minimum Gasteiger partial charge on any atom is -0.464 e. The van der Waals surface area contributed by atoms with Gasteiger partial charge in [-0.05, 0) is 63.8 Å². The van der Waals surface area contributed by atoms with Gasteiger partial charge in [-0.1, -0.05) is 42.7 Å². The van der Waals surface area contributed by atoms with Gasteiger partial charge in [0.25, 0.3) is 15.8 Å². The zero-order chi connectivity index (χ0) is 36.6. The van der Waals surface area contributed by atoms with Crippen molar-refractivity contribution in [2.75, 3.05) is 13.2 Å². The van der Waals surface area contributed by atoms with Gasteiger partial charge < -0.3 is 25.4 Å². The van der Waals surface area contributed by atoms with Crippen LogP contribution in [0.5, 0.6) is 0 Å². The Hall–Kier alpha value is -4.67. The van der Waals surface area contributed by atoms with Crippen LogP contribution in [0, 0.1) is 23.0 Å². The van der Waals surface area contributed by atoms with Crippen molar-refractivity contribution >= 4 is 39.6 Å². The number of aryl methyl sites for hydroxylation is 1. The number of allylic oxidation sites excluding steroid dienone is 1. The van der Waals surface area contributed by atoms with E-state index in [-0.39, 0.29) is 41.6 Å². The molecule has 2 aromatic rings. The predicted octanol–water partition coefficient (Wildman–Crippen LogP) is 3.25. The number of fused-ring (bicyclic) bond motifs is 2. The van der Waals surface area contributed by atoms with Crippen molar-refractivity contribution in [3.05, 3.63) is 81.9 Å². The van der Waals surface area contributed by atoms with Crippen LogP contribution in [-0.2, 0) is 34.0 Å². The summed E-state index contributed by atoms with van der Waals surface area (Å²) in [6.07, 6.45) is 7.37. The predicted molar refractivity (Wildman–Crippen MR) is 179 cm³/mol. The smallest absolute Gasteiger partial charge is 0.338 e. The molecule has 0 aromatic heterocycles. The van der Waals surface area contributed by atoms with Crippen LogP contribution >= 0.6 is 0 Å². The normalized spacial score (nSPS) is 25.3. The molecule has 2 aromatic carbocycles. The van der Waals surface area contributed by atoms with Gasteiger partial charge in [0.05, 0.1) is 34.6 Å². The molecule has 5 rings (SSSR count). The molecule has 5 atom stereocenters. The Bertz CT molecular complexity index is 1710. The van der Waals surface area contributed by atoms with E-state index in [0.29, 0.717) is 12.8 Å². The van der Waals surface area contributed by atoms with Gasteiger partial charge >= 0.3 is 11.9 Å². The van der Waals surface area contributed by atoms with E-state index in [1.54, 1.807) is 19.1 Å². The molecule has 2 amide bonds. The summed E-state index contributed by atoms with van der Waals surface area (Å²) in [6, 6.07) is 9.12. The highest BCUT2D eigenvalue weighted by Gasteiger charge is 2.62. The number of carbonyl (C=O) groups excluding carboxylic acids is 4. The van der Waals surface area contributed by atoms with Gasteiger partial charge in [-0.3, -0.25) is 24.3 Å². The van der Waals surface area contributed by atoms with Crippen molar-refractivity contribution < 1.29 is 46.5 Å². The minimum absolute atomic E-state index is 0.0163. The third-order valence-electron chi connectivity index (χ3n) is 8.83. The number of carbonyl (C=O) groups is 4. The lowest BCUT2D eigenvalue weighted by Crippen LogP contribution is -2.55. The molecule has 2 fully saturated rings. The molecule has 2 aliphatic heterocycles. The summed E-state index contributed by atoms with van der Waals surface area (Å²) in [5.74, 6) is -2.43. The van der Waals surface area contributed by atoms with Crippen molar-refractivity contribution in [3.63, 3.8) is 0 Å². The number of amides is 2. The molecule has 0 bridgehead atoms. The number of nitrogens with one attached hydrogen (secondary N) is 1. The number of esters is 2. The minimum atomic E-state index is -4.02. The second-order valence-corrected chi connectivity index (χ2v) is 13.9. The fraction of sp³-hybridized carbons (Fsp3) is 0.471. The van der Waals surface area contributed by atoms with E-state index < -0.39 is 62.5 Å². The molecule has 270 valence electrons. The summed E-state index contributed by atoms with van der Waals surface area (Å²) in [7, 11) is -4.02. The van der Waals surface area contributed by atoms with E-state index in [4.69, 9.17) is 19.8 Å². The van der Waals surface area contributed by atoms with Crippen LogP contribution in [0.25, 0.3) is 0 Å². The Kier molecular flexibility index (Phi) is 12.5. The van der Waals surface area contributed by atoms with E-state index in [1.165, 1.54) is 41.3 Å². The highest BCUT2D eigenvalue weighted by Crippen LogP contribution is 2.46. The van der Waals surface area contributed by atoms with Crippen molar-refractivity contribution in [1.29, 1.82) is 0 Å². The molecule has 1 saturated carbocycles. The van der Waals surface area contributed by atoms with E-state index >= 15 is 0 Å². The maximum atomic E-state index is 13.6. The fourth-order valence-electron chi connectivity index (χ4n) is 5.94. The number of benzene rings is 2. The molecule has 1 saturated heterocycles. The van der Waals surface area contributed by atoms with Crippen molar-refractivity contribution in [2.24, 2.45) is 11.7 Å². The van der Waals surface area contributed by atoms with Gasteiger partial charge in [-0.25, -0.2) is 9.59 Å². The summed E-state index contributed by atoms with van der Waals surface area (Å²) in [5.41, 5.74) is 5.90. The van der Waals surface area contributed by atoms with Crippen molar-refractivity contribution in [1.82, 2.24) is 10.2 Å². The average Bonchev–Trinajstić information content (AvgIpc) is 3.60. The van der Waals surface area contributed by atoms with Gasteiger partial charge in [-0.15, -0.1) is 0 Å². The van der Waals surface area contributed by atoms with E-state index in [2.05, 4.69) is 5.32 Å². The largest absolute Gasteiger partial charge is 0.464 e. The summed E-state index contributed by atoms with van der Waals surface area (Å²) in [5, 5.41) is 13.7. The number of rotatable bonds is 6. The number of nitro benzene ring substituents is 1. The summed E-state index contributed by atoms with van der Waals surface area (Å²) >= 11 is 0. The lowest BCUT2D eigenvalue weighted by Gasteiger charge is -2.28. The Labute approximate surface area is 290 Å². The molecule has 3 aliphatic rings. The molecule has 50 heavy (non-hydrogen) atoms. The maximum absolute atomic E-state index is 13.6. The molecular weight excluding hydrogens is 672 g/mol. The van der Waals surface area contributed by atoms with Crippen molar-refractivity contribution in [2.45, 2.75) is 87.4 Å². The molecule has 0 spiro atoms. The second-order valence-electron chi connectivity index (χ2n) is 12.5. The number of hydrogen-bond acceptors (Lipinski definition) is 11. The van der Waals surface area contributed by atoms with Crippen LogP contribution in [0.4, 0.5) is 5.69 Å². The fourth-order valence-corrected chi connectivity index (χ4v) is 6.42. The zero-order valence-corrected chi connectivity index (χ0v) is 28.7. The quantitative estimate of drug-likeness (QED) is 0.129. The molecule has 2 heterocycles. The summed E-state index contributed by atoms with van der Waals surface area (Å²) < 4.78 is 40.4. The third-order valence-corrected chi connectivity index (χ3v) is 9.69. The standard InChI is InChI=1S/C27H34N4O8.C7H8O3S/c1-2-38-26(35)27-15-18(27)8-6-4-3-5-7-9-21(28)24(33)30-16-20(14-22(30)23(32)29-27)39-25(34)17-10-12-19(13-11-17)31(36)37;1-6-2-4-7(5-3-6)11(8,9)10/h6,8,10-13,18,20-22H,2-5,7,9,14-16,28H2,1H3,(H,29,32);2-5H,1H3,(H,8,9,10)/t18-,20-,21+,22+,27-;/m1./s1. The first-order valence-electron chi connectivity index (χ1n) is 16.4. The molecule has 1 aliphatic carbocycles. The summed E-state index contributed by atoms with van der Waals surface area (Å²) in [6.45, 7) is 3.65. The van der Waals surface area contributed by atoms with Gasteiger partial charge in [-0.2, -0.15) is 8.42 Å². The monoisotopic (exact) mass is 714 g/mol. The molecule has 0 radical (unpaired) electrons. The Morgan fingerprint density at radius 1 is 1.10 bits per heavy atom. The van der Waals surface area contributed by atoms with Crippen LogP contribution in [0.2, 0.25) is 0 Å². The number of ether oxygens (including phenoxy) is 2. The number of nitrogens with zero attached hydrogens (tertiary/aromatic N) is 2. The van der Waals surface area contributed by atoms with Crippen LogP contribution in [0.1, 0.15) is 67.8 Å². The first kappa shape index (κ1) is 38.1. The first-order valence-corrected chi connectivity index (χ1v) is 17.8.